The number of aromatic nitrogens is 2. The van der Waals surface area contributed by atoms with E-state index in [4.69, 9.17) is 0 Å². The quantitative estimate of drug-likeness (QED) is 0.223. The number of rotatable bonds is 7. The first-order valence-corrected chi connectivity index (χ1v) is 12.6. The van der Waals surface area contributed by atoms with Gasteiger partial charge in [0, 0.05) is 16.2 Å². The van der Waals surface area contributed by atoms with Crippen LogP contribution < -0.4 is 5.32 Å². The maximum absolute atomic E-state index is 12.6. The molecule has 1 N–H and O–H groups in total. The predicted octanol–water partition coefficient (Wildman–Crippen LogP) is 4.94. The molecule has 2 aromatic heterocycles. The van der Waals surface area contributed by atoms with E-state index in [0.717, 1.165) is 15.7 Å². The standard InChI is InChI=1S/C23H16N4O3S3/c28-19(24-22-25-26-23(33-22)32-13-16-4-3-11-31-16)15-9-7-14(8-10-15)12-27-20(29)17-5-1-2-6-18(17)21(27)30/h1-11H,12-13H2,(H,24,25,28). The number of carbonyl (C=O) groups excluding carboxylic acids is 3. The van der Waals surface area contributed by atoms with Crippen LogP contribution >= 0.6 is 34.4 Å². The van der Waals surface area contributed by atoms with Crippen molar-refractivity contribution < 1.29 is 14.4 Å². The molecular formula is C23H16N4O3S3. The molecule has 3 heterocycles. The van der Waals surface area contributed by atoms with Crippen LogP contribution in [0.3, 0.4) is 0 Å². The monoisotopic (exact) mass is 492 g/mol. The van der Waals surface area contributed by atoms with Gasteiger partial charge in [0.15, 0.2) is 4.34 Å². The molecule has 164 valence electrons. The van der Waals surface area contributed by atoms with E-state index in [1.165, 1.54) is 21.1 Å². The van der Waals surface area contributed by atoms with Crippen LogP contribution in [0.25, 0.3) is 0 Å². The highest BCUT2D eigenvalue weighted by atomic mass is 32.2. The third-order valence-corrected chi connectivity index (χ3v) is 8.06. The first-order chi connectivity index (χ1) is 16.1. The summed E-state index contributed by atoms with van der Waals surface area (Å²) in [5, 5.41) is 13.4. The van der Waals surface area contributed by atoms with Crippen LogP contribution in [0.15, 0.2) is 70.4 Å². The number of hydrogen-bond donors (Lipinski definition) is 1. The van der Waals surface area contributed by atoms with Crippen molar-refractivity contribution in [1.82, 2.24) is 15.1 Å². The van der Waals surface area contributed by atoms with E-state index in [2.05, 4.69) is 21.6 Å². The van der Waals surface area contributed by atoms with Crippen molar-refractivity contribution in [3.63, 3.8) is 0 Å². The molecule has 10 heteroatoms. The van der Waals surface area contributed by atoms with Gasteiger partial charge in [0.1, 0.15) is 0 Å². The van der Waals surface area contributed by atoms with E-state index in [1.807, 2.05) is 11.4 Å². The molecule has 0 bridgehead atoms. The van der Waals surface area contributed by atoms with Gasteiger partial charge in [-0.25, -0.2) is 0 Å². The van der Waals surface area contributed by atoms with Gasteiger partial charge in [-0.15, -0.1) is 21.5 Å². The number of nitrogens with zero attached hydrogens (tertiary/aromatic N) is 3. The normalized spacial score (nSPS) is 12.8. The highest BCUT2D eigenvalue weighted by Crippen LogP contribution is 2.30. The Hall–Kier alpha value is -3.34. The van der Waals surface area contributed by atoms with E-state index in [0.29, 0.717) is 21.8 Å². The van der Waals surface area contributed by atoms with Crippen molar-refractivity contribution in [2.75, 3.05) is 5.32 Å². The summed E-state index contributed by atoms with van der Waals surface area (Å²) in [6, 6.07) is 17.7. The summed E-state index contributed by atoms with van der Waals surface area (Å²) < 4.78 is 0.787. The number of amides is 3. The third-order valence-electron chi connectivity index (χ3n) is 4.98. The summed E-state index contributed by atoms with van der Waals surface area (Å²) in [4.78, 5) is 40.1. The number of benzene rings is 2. The van der Waals surface area contributed by atoms with E-state index in [-0.39, 0.29) is 24.3 Å². The fourth-order valence-electron chi connectivity index (χ4n) is 3.34. The molecule has 33 heavy (non-hydrogen) atoms. The second-order valence-electron chi connectivity index (χ2n) is 7.13. The van der Waals surface area contributed by atoms with Gasteiger partial charge >= 0.3 is 0 Å². The lowest BCUT2D eigenvalue weighted by Crippen LogP contribution is -2.29. The maximum Gasteiger partial charge on any atom is 0.261 e. The molecule has 0 spiro atoms. The molecule has 0 radical (unpaired) electrons. The van der Waals surface area contributed by atoms with Crippen LogP contribution in [0, 0.1) is 0 Å². The van der Waals surface area contributed by atoms with Crippen LogP contribution in [0.2, 0.25) is 0 Å². The molecule has 0 fully saturated rings. The Kier molecular flexibility index (Phi) is 6.03. The van der Waals surface area contributed by atoms with Gasteiger partial charge in [-0.2, -0.15) is 0 Å². The second kappa shape index (κ2) is 9.26. The molecule has 0 atom stereocenters. The molecule has 0 saturated carbocycles. The van der Waals surface area contributed by atoms with E-state index >= 15 is 0 Å². The predicted molar refractivity (Wildman–Crippen MR) is 129 cm³/mol. The summed E-state index contributed by atoms with van der Waals surface area (Å²) in [5.74, 6) is -0.0921. The van der Waals surface area contributed by atoms with Crippen LogP contribution in [-0.4, -0.2) is 32.8 Å². The SMILES string of the molecule is O=C(Nc1nnc(SCc2cccs2)s1)c1ccc(CN2C(=O)c3ccccc3C2=O)cc1. The van der Waals surface area contributed by atoms with Gasteiger partial charge < -0.3 is 0 Å². The van der Waals surface area contributed by atoms with Gasteiger partial charge in [0.2, 0.25) is 5.13 Å². The van der Waals surface area contributed by atoms with Gasteiger partial charge in [0.05, 0.1) is 17.7 Å². The number of imide groups is 1. The Balaban J connectivity index is 1.19. The zero-order valence-corrected chi connectivity index (χ0v) is 19.5. The Morgan fingerprint density at radius 2 is 1.67 bits per heavy atom. The summed E-state index contributed by atoms with van der Waals surface area (Å²) >= 11 is 4.60. The van der Waals surface area contributed by atoms with Crippen LogP contribution in [0.4, 0.5) is 5.13 Å². The molecule has 5 rings (SSSR count). The maximum atomic E-state index is 12.6. The van der Waals surface area contributed by atoms with Gasteiger partial charge in [-0.05, 0) is 41.3 Å². The molecular weight excluding hydrogens is 476 g/mol. The largest absolute Gasteiger partial charge is 0.296 e. The van der Waals surface area contributed by atoms with Crippen LogP contribution in [-0.2, 0) is 12.3 Å². The number of thiophene rings is 1. The van der Waals surface area contributed by atoms with Crippen molar-refractivity contribution in [2.45, 2.75) is 16.6 Å². The van der Waals surface area contributed by atoms with Crippen molar-refractivity contribution in [3.8, 4) is 0 Å². The highest BCUT2D eigenvalue weighted by Gasteiger charge is 2.34. The van der Waals surface area contributed by atoms with E-state index < -0.39 is 0 Å². The Bertz CT molecular complexity index is 1300. The summed E-state index contributed by atoms with van der Waals surface area (Å²) in [5.41, 5.74) is 2.04. The first-order valence-electron chi connectivity index (χ1n) is 9.93. The smallest absolute Gasteiger partial charge is 0.261 e. The lowest BCUT2D eigenvalue weighted by Gasteiger charge is -2.14. The zero-order chi connectivity index (χ0) is 22.8. The number of thioether (sulfide) groups is 1. The van der Waals surface area contributed by atoms with Crippen molar-refractivity contribution in [1.29, 1.82) is 0 Å². The third kappa shape index (κ3) is 4.58. The molecule has 2 aromatic carbocycles. The second-order valence-corrected chi connectivity index (χ2v) is 10.4. The van der Waals surface area contributed by atoms with Crippen LogP contribution in [0.1, 0.15) is 41.5 Å². The number of hydrogen-bond acceptors (Lipinski definition) is 8. The lowest BCUT2D eigenvalue weighted by molar-refractivity contribution is 0.0642. The van der Waals surface area contributed by atoms with Crippen molar-refractivity contribution in [3.05, 3.63) is 93.2 Å². The molecule has 4 aromatic rings. The minimum absolute atomic E-state index is 0.148. The summed E-state index contributed by atoms with van der Waals surface area (Å²) in [6.07, 6.45) is 0. The number of carbonyl (C=O) groups is 3. The molecule has 7 nitrogen and oxygen atoms in total. The molecule has 1 aliphatic heterocycles. The molecule has 1 aliphatic rings. The summed E-state index contributed by atoms with van der Waals surface area (Å²) in [6.45, 7) is 0.148. The average molecular weight is 493 g/mol. The van der Waals surface area contributed by atoms with Gasteiger partial charge in [-0.1, -0.05) is 53.4 Å². The molecule has 0 saturated heterocycles. The molecule has 3 amide bonds. The highest BCUT2D eigenvalue weighted by molar-refractivity contribution is 8.00. The van der Waals surface area contributed by atoms with E-state index in [9.17, 15) is 14.4 Å². The minimum atomic E-state index is -0.304. The fourth-order valence-corrected chi connectivity index (χ4v) is 5.86. The Labute approximate surface area is 201 Å². The Morgan fingerprint density at radius 1 is 0.939 bits per heavy atom. The van der Waals surface area contributed by atoms with Gasteiger partial charge in [-0.3, -0.25) is 24.6 Å². The lowest BCUT2D eigenvalue weighted by atomic mass is 10.1. The number of fused-ring (bicyclic) bond motifs is 1. The Morgan fingerprint density at radius 3 is 2.33 bits per heavy atom. The average Bonchev–Trinajstić information content (AvgIpc) is 3.57. The van der Waals surface area contributed by atoms with E-state index in [1.54, 1.807) is 71.6 Å². The first kappa shape index (κ1) is 21.5. The van der Waals surface area contributed by atoms with Gasteiger partial charge in [0.25, 0.3) is 17.7 Å². The summed E-state index contributed by atoms with van der Waals surface area (Å²) in [7, 11) is 0. The minimum Gasteiger partial charge on any atom is -0.296 e. The number of nitrogens with one attached hydrogen (secondary N) is 1. The van der Waals surface area contributed by atoms with Crippen molar-refractivity contribution >= 4 is 57.3 Å². The molecule has 0 aliphatic carbocycles. The zero-order valence-electron chi connectivity index (χ0n) is 17.1. The van der Waals surface area contributed by atoms with Crippen molar-refractivity contribution in [2.24, 2.45) is 0 Å². The van der Waals surface area contributed by atoms with Crippen LogP contribution in [0.5, 0.6) is 0 Å². The number of anilines is 1. The topological polar surface area (TPSA) is 92.3 Å². The molecule has 0 unspecified atom stereocenters. The fraction of sp³-hybridized carbons (Fsp3) is 0.0870.